The number of benzene rings is 2. The van der Waals surface area contributed by atoms with E-state index in [-0.39, 0.29) is 30.4 Å². The van der Waals surface area contributed by atoms with Gasteiger partial charge in [-0.25, -0.2) is 4.98 Å². The predicted molar refractivity (Wildman–Crippen MR) is 171 cm³/mol. The van der Waals surface area contributed by atoms with E-state index < -0.39 is 29.7 Å². The first-order valence-corrected chi connectivity index (χ1v) is 16.3. The van der Waals surface area contributed by atoms with Crippen molar-refractivity contribution in [2.45, 2.75) is 64.5 Å². The molecule has 11 heteroatoms. The van der Waals surface area contributed by atoms with Crippen molar-refractivity contribution in [2.24, 2.45) is 11.8 Å². The van der Waals surface area contributed by atoms with Crippen molar-refractivity contribution in [3.8, 4) is 17.0 Å². The van der Waals surface area contributed by atoms with E-state index in [0.717, 1.165) is 62.8 Å². The molecule has 6 rings (SSSR count). The minimum absolute atomic E-state index is 0.0303. The number of para-hydroxylation sites is 1. The Morgan fingerprint density at radius 1 is 1.13 bits per heavy atom. The van der Waals surface area contributed by atoms with Gasteiger partial charge >= 0.3 is 12.1 Å². The fourth-order valence-electron chi connectivity index (χ4n) is 7.59. The van der Waals surface area contributed by atoms with E-state index in [2.05, 4.69) is 17.9 Å². The number of aliphatic carboxylic acids is 1. The maximum absolute atomic E-state index is 14.4. The number of aryl methyl sites for hydroxylation is 1. The number of nitrogens with zero attached hydrogens (tertiary/aromatic N) is 3. The van der Waals surface area contributed by atoms with E-state index in [1.807, 2.05) is 17.9 Å². The van der Waals surface area contributed by atoms with Crippen molar-refractivity contribution >= 4 is 11.8 Å². The number of carboxylic acids is 1. The van der Waals surface area contributed by atoms with Gasteiger partial charge in [0.2, 0.25) is 0 Å². The summed E-state index contributed by atoms with van der Waals surface area (Å²) in [6.07, 6.45) is -1.70. The minimum Gasteiger partial charge on any atom is -0.488 e. The summed E-state index contributed by atoms with van der Waals surface area (Å²) in [5.41, 5.74) is 4.09. The summed E-state index contributed by atoms with van der Waals surface area (Å²) in [5, 5.41) is 9.89. The molecule has 3 aromatic rings. The van der Waals surface area contributed by atoms with Crippen LogP contribution in [0.2, 0.25) is 0 Å². The van der Waals surface area contributed by atoms with Gasteiger partial charge in [-0.15, -0.1) is 0 Å². The number of alkyl halides is 3. The number of pyridine rings is 1. The highest BCUT2D eigenvalue weighted by Gasteiger charge is 2.44. The largest absolute Gasteiger partial charge is 0.488 e. The second-order valence-corrected chi connectivity index (χ2v) is 13.0. The number of ether oxygens (including phenoxy) is 3. The molecule has 2 saturated heterocycles. The highest BCUT2D eigenvalue weighted by Crippen LogP contribution is 2.43. The van der Waals surface area contributed by atoms with Gasteiger partial charge in [0.25, 0.3) is 0 Å². The first-order chi connectivity index (χ1) is 22.5. The molecular weight excluding hydrogens is 611 g/mol. The number of aromatic nitrogens is 1. The van der Waals surface area contributed by atoms with Gasteiger partial charge in [0.05, 0.1) is 29.8 Å². The fraction of sp³-hybridized carbons (Fsp3) is 0.500. The third kappa shape index (κ3) is 6.98. The first kappa shape index (κ1) is 33.2. The lowest BCUT2D eigenvalue weighted by Crippen LogP contribution is -2.42. The summed E-state index contributed by atoms with van der Waals surface area (Å²) in [5.74, 6) is -1.56. The maximum Gasteiger partial charge on any atom is 0.419 e. The van der Waals surface area contributed by atoms with Crippen LogP contribution in [0.15, 0.2) is 48.5 Å². The van der Waals surface area contributed by atoms with E-state index in [1.54, 1.807) is 24.3 Å². The molecule has 8 nitrogen and oxygen atoms in total. The number of anilines is 1. The van der Waals surface area contributed by atoms with Gasteiger partial charge in [-0.2, -0.15) is 13.2 Å². The Kier molecular flexibility index (Phi) is 9.77. The average Bonchev–Trinajstić information content (AvgIpc) is 3.39. The second-order valence-electron chi connectivity index (χ2n) is 13.0. The monoisotopic (exact) mass is 653 g/mol. The van der Waals surface area contributed by atoms with Gasteiger partial charge in [0.15, 0.2) is 0 Å². The van der Waals surface area contributed by atoms with Crippen LogP contribution >= 0.6 is 0 Å². The third-order valence-electron chi connectivity index (χ3n) is 9.91. The van der Waals surface area contributed by atoms with Crippen LogP contribution < -0.4 is 9.64 Å². The quantitative estimate of drug-likeness (QED) is 0.286. The molecule has 0 radical (unpaired) electrons. The molecule has 1 N–H and O–H groups in total. The van der Waals surface area contributed by atoms with Crippen LogP contribution in [0.3, 0.4) is 0 Å². The highest BCUT2D eigenvalue weighted by atomic mass is 19.4. The topological polar surface area (TPSA) is 84.4 Å². The zero-order chi connectivity index (χ0) is 33.3. The molecule has 2 aromatic carbocycles. The Balaban J connectivity index is 1.28. The third-order valence-corrected chi connectivity index (χ3v) is 9.91. The zero-order valence-corrected chi connectivity index (χ0v) is 27.1. The van der Waals surface area contributed by atoms with Crippen molar-refractivity contribution in [2.75, 3.05) is 44.9 Å². The molecule has 0 amide bonds. The molecule has 0 aliphatic carbocycles. The molecule has 47 heavy (non-hydrogen) atoms. The molecule has 0 bridgehead atoms. The summed E-state index contributed by atoms with van der Waals surface area (Å²) < 4.78 is 60.1. The van der Waals surface area contributed by atoms with E-state index >= 15 is 0 Å². The SMILES string of the molecule is COC[C@@H]1[C@H](C(=O)O)[C@@H](C)CN1c1cccc(-c2cccc(C(F)(F)F)c2OCc2cc(C)c3c(c2)CCN(C2CCOCC2)C3)n1. The molecule has 4 heterocycles. The number of fused-ring (bicyclic) bond motifs is 1. The summed E-state index contributed by atoms with van der Waals surface area (Å²) in [7, 11) is 1.52. The molecule has 0 spiro atoms. The van der Waals surface area contributed by atoms with Crippen LogP contribution in [-0.4, -0.2) is 73.1 Å². The Hall–Kier alpha value is -3.67. The number of methoxy groups -OCH3 is 1. The predicted octanol–water partition coefficient (Wildman–Crippen LogP) is 6.36. The van der Waals surface area contributed by atoms with Gasteiger partial charge in [0, 0.05) is 51.6 Å². The standard InChI is InChI=1S/C36H42F3N3O5/c1-22-16-24(17-25-10-13-41(19-28(22)25)26-11-14-46-15-12-26)20-47-34-27(6-4-7-29(34)36(37,38)39)30-8-5-9-32(40-30)42-18-23(2)33(35(43)44)31(42)21-45-3/h4-9,16-17,23,26,31,33H,10-15,18-21H2,1-3H3,(H,43,44)/t23-,31+,33+/m0/s1. The van der Waals surface area contributed by atoms with Crippen molar-refractivity contribution in [1.82, 2.24) is 9.88 Å². The smallest absolute Gasteiger partial charge is 0.419 e. The summed E-state index contributed by atoms with van der Waals surface area (Å²) in [6, 6.07) is 13.2. The van der Waals surface area contributed by atoms with E-state index in [9.17, 15) is 23.1 Å². The van der Waals surface area contributed by atoms with Gasteiger partial charge < -0.3 is 24.2 Å². The van der Waals surface area contributed by atoms with Crippen LogP contribution in [-0.2, 0) is 40.0 Å². The van der Waals surface area contributed by atoms with Gasteiger partial charge in [-0.3, -0.25) is 9.69 Å². The summed E-state index contributed by atoms with van der Waals surface area (Å²) >= 11 is 0. The molecule has 0 unspecified atom stereocenters. The van der Waals surface area contributed by atoms with E-state index in [0.29, 0.717) is 24.1 Å². The molecular formula is C36H42F3N3O5. The Morgan fingerprint density at radius 2 is 1.89 bits per heavy atom. The van der Waals surface area contributed by atoms with Crippen LogP contribution in [0.1, 0.15) is 47.6 Å². The summed E-state index contributed by atoms with van der Waals surface area (Å²) in [6.45, 7) is 7.90. The zero-order valence-electron chi connectivity index (χ0n) is 27.1. The van der Waals surface area contributed by atoms with Crippen molar-refractivity contribution in [1.29, 1.82) is 0 Å². The Labute approximate surface area is 273 Å². The number of rotatable bonds is 9. The first-order valence-electron chi connectivity index (χ1n) is 16.3. The number of carboxylic acid groups (broad SMARTS) is 1. The van der Waals surface area contributed by atoms with Crippen LogP contribution in [0, 0.1) is 18.8 Å². The molecule has 0 saturated carbocycles. The Bertz CT molecular complexity index is 1590. The van der Waals surface area contributed by atoms with Crippen molar-refractivity contribution in [3.63, 3.8) is 0 Å². The lowest BCUT2D eigenvalue weighted by Gasteiger charge is -2.38. The normalized spacial score (nSPS) is 22.3. The number of hydrogen-bond donors (Lipinski definition) is 1. The lowest BCUT2D eigenvalue weighted by molar-refractivity contribution is -0.143. The minimum atomic E-state index is -4.65. The molecule has 2 fully saturated rings. The average molecular weight is 654 g/mol. The van der Waals surface area contributed by atoms with E-state index in [4.69, 9.17) is 19.2 Å². The maximum atomic E-state index is 14.4. The number of carbonyl (C=O) groups is 1. The van der Waals surface area contributed by atoms with Crippen LogP contribution in [0.4, 0.5) is 19.0 Å². The molecule has 252 valence electrons. The molecule has 3 aliphatic rings. The van der Waals surface area contributed by atoms with Gasteiger partial charge in [0.1, 0.15) is 18.2 Å². The van der Waals surface area contributed by atoms with Crippen LogP contribution in [0.5, 0.6) is 5.75 Å². The molecule has 3 aliphatic heterocycles. The second kappa shape index (κ2) is 13.8. The lowest BCUT2D eigenvalue weighted by atomic mass is 9.91. The van der Waals surface area contributed by atoms with Gasteiger partial charge in [-0.1, -0.05) is 31.2 Å². The number of halogens is 3. The van der Waals surface area contributed by atoms with Crippen LogP contribution in [0.25, 0.3) is 11.3 Å². The fourth-order valence-corrected chi connectivity index (χ4v) is 7.59. The highest BCUT2D eigenvalue weighted by molar-refractivity contribution is 5.74. The van der Waals surface area contributed by atoms with Crippen molar-refractivity contribution < 1.29 is 37.3 Å². The number of hydrogen-bond acceptors (Lipinski definition) is 7. The Morgan fingerprint density at radius 3 is 2.62 bits per heavy atom. The molecule has 3 atom stereocenters. The summed E-state index contributed by atoms with van der Waals surface area (Å²) in [4.78, 5) is 21.2. The van der Waals surface area contributed by atoms with Gasteiger partial charge in [-0.05, 0) is 78.6 Å². The molecule has 1 aromatic heterocycles. The van der Waals surface area contributed by atoms with Crippen molar-refractivity contribution in [3.05, 3.63) is 76.3 Å². The van der Waals surface area contributed by atoms with E-state index in [1.165, 1.54) is 24.3 Å².